The molecule has 1 atom stereocenters. The number of amides is 3. The summed E-state index contributed by atoms with van der Waals surface area (Å²) in [6.45, 7) is 9.57. The highest BCUT2D eigenvalue weighted by molar-refractivity contribution is 6.31. The first-order valence-electron chi connectivity index (χ1n) is 15.6. The summed E-state index contributed by atoms with van der Waals surface area (Å²) in [6, 6.07) is 19.8. The molecule has 3 aromatic carbocycles. The molecular weight excluding hydrogens is 614 g/mol. The third-order valence-corrected chi connectivity index (χ3v) is 9.02. The molecule has 5 rings (SSSR count). The van der Waals surface area contributed by atoms with Crippen LogP contribution in [0.5, 0.6) is 0 Å². The van der Waals surface area contributed by atoms with Crippen molar-refractivity contribution >= 4 is 46.4 Å². The Morgan fingerprint density at radius 1 is 0.936 bits per heavy atom. The van der Waals surface area contributed by atoms with Crippen LogP contribution in [0.3, 0.4) is 0 Å². The number of halogens is 1. The van der Waals surface area contributed by atoms with Crippen LogP contribution in [0.15, 0.2) is 77.7 Å². The van der Waals surface area contributed by atoms with Gasteiger partial charge in [0.15, 0.2) is 0 Å². The number of hydrogen-bond donors (Lipinski definition) is 3. The van der Waals surface area contributed by atoms with E-state index in [9.17, 15) is 19.2 Å². The van der Waals surface area contributed by atoms with Gasteiger partial charge in [-0.05, 0) is 89.9 Å². The zero-order valence-electron chi connectivity index (χ0n) is 27.3. The van der Waals surface area contributed by atoms with Gasteiger partial charge in [-0.2, -0.15) is 0 Å². The molecule has 1 aliphatic heterocycles. The molecule has 0 radical (unpaired) electrons. The van der Waals surface area contributed by atoms with E-state index in [1.54, 1.807) is 42.4 Å². The standard InChI is InChI=1S/C37H40ClN5O4/c1-22-27(9-8-10-30(22)41-34(45)23-11-13-25(14-12-23)37(2,3)4)24-19-31(36(47)42(5)21-24)40-26-15-16-28(29(20-26)32(38)33(39)44)35(46)43-17-6-7-18-43/h8-16,19-21,32,40H,6-7,17-18H2,1-5H3,(H2,39,44)(H,41,45). The molecule has 4 aromatic rings. The number of anilines is 3. The topological polar surface area (TPSA) is 127 Å². The summed E-state index contributed by atoms with van der Waals surface area (Å²) in [5.41, 5.74) is 11.3. The summed E-state index contributed by atoms with van der Waals surface area (Å²) in [5, 5.41) is 4.96. The third kappa shape index (κ3) is 7.25. The van der Waals surface area contributed by atoms with Crippen molar-refractivity contribution in [3.8, 4) is 11.1 Å². The monoisotopic (exact) mass is 653 g/mol. The van der Waals surface area contributed by atoms with Crippen LogP contribution in [-0.2, 0) is 17.3 Å². The number of nitrogens with zero attached hydrogens (tertiary/aromatic N) is 2. The molecule has 10 heteroatoms. The third-order valence-electron chi connectivity index (χ3n) is 8.57. The highest BCUT2D eigenvalue weighted by atomic mass is 35.5. The molecule has 0 bridgehead atoms. The second kappa shape index (κ2) is 13.5. The summed E-state index contributed by atoms with van der Waals surface area (Å²) in [4.78, 5) is 53.5. The Bertz CT molecular complexity index is 1900. The number of rotatable bonds is 8. The number of aromatic nitrogens is 1. The van der Waals surface area contributed by atoms with Crippen LogP contribution in [0.4, 0.5) is 17.1 Å². The number of primary amides is 1. The second-order valence-electron chi connectivity index (χ2n) is 13.0. The van der Waals surface area contributed by atoms with E-state index in [0.717, 1.165) is 35.1 Å². The number of benzene rings is 3. The molecule has 9 nitrogen and oxygen atoms in total. The molecule has 1 saturated heterocycles. The number of nitrogens with two attached hydrogens (primary N) is 1. The summed E-state index contributed by atoms with van der Waals surface area (Å²) in [7, 11) is 1.66. The lowest BCUT2D eigenvalue weighted by Gasteiger charge is -2.20. The number of alkyl halides is 1. The summed E-state index contributed by atoms with van der Waals surface area (Å²) >= 11 is 6.40. The van der Waals surface area contributed by atoms with Gasteiger partial charge in [-0.25, -0.2) is 0 Å². The van der Waals surface area contributed by atoms with Crippen molar-refractivity contribution in [1.29, 1.82) is 0 Å². The van der Waals surface area contributed by atoms with E-state index in [-0.39, 0.29) is 34.0 Å². The van der Waals surface area contributed by atoms with Crippen LogP contribution in [0.2, 0.25) is 0 Å². The fraction of sp³-hybridized carbons (Fsp3) is 0.297. The Kier molecular flexibility index (Phi) is 9.58. The molecule has 47 heavy (non-hydrogen) atoms. The lowest BCUT2D eigenvalue weighted by molar-refractivity contribution is -0.117. The van der Waals surface area contributed by atoms with Crippen LogP contribution >= 0.6 is 11.6 Å². The van der Waals surface area contributed by atoms with Gasteiger partial charge in [0, 0.05) is 54.4 Å². The van der Waals surface area contributed by atoms with E-state index >= 15 is 0 Å². The largest absolute Gasteiger partial charge is 0.368 e. The van der Waals surface area contributed by atoms with Gasteiger partial charge in [0.1, 0.15) is 11.1 Å². The molecule has 4 N–H and O–H groups in total. The van der Waals surface area contributed by atoms with Crippen LogP contribution in [-0.4, -0.2) is 40.3 Å². The van der Waals surface area contributed by atoms with E-state index in [2.05, 4.69) is 31.4 Å². The molecular formula is C37H40ClN5O4. The minimum atomic E-state index is -1.23. The maximum Gasteiger partial charge on any atom is 0.274 e. The van der Waals surface area contributed by atoms with E-state index in [4.69, 9.17) is 17.3 Å². The zero-order chi connectivity index (χ0) is 34.0. The fourth-order valence-corrected chi connectivity index (χ4v) is 5.97. The molecule has 2 heterocycles. The van der Waals surface area contributed by atoms with E-state index in [1.807, 2.05) is 49.4 Å². The van der Waals surface area contributed by atoms with Crippen molar-refractivity contribution in [2.75, 3.05) is 23.7 Å². The summed E-state index contributed by atoms with van der Waals surface area (Å²) in [5.74, 6) is -1.20. The number of pyridine rings is 1. The van der Waals surface area contributed by atoms with Crippen molar-refractivity contribution in [3.05, 3.63) is 111 Å². The molecule has 1 unspecified atom stereocenters. The van der Waals surface area contributed by atoms with Gasteiger partial charge >= 0.3 is 0 Å². The predicted molar refractivity (Wildman–Crippen MR) is 188 cm³/mol. The van der Waals surface area contributed by atoms with Gasteiger partial charge in [-0.3, -0.25) is 19.2 Å². The Hall–Kier alpha value is -4.89. The number of carbonyl (C=O) groups is 3. The molecule has 3 amide bonds. The number of hydrogen-bond acceptors (Lipinski definition) is 5. The molecule has 1 aromatic heterocycles. The second-order valence-corrected chi connectivity index (χ2v) is 13.4. The Morgan fingerprint density at radius 2 is 1.62 bits per heavy atom. The Morgan fingerprint density at radius 3 is 2.26 bits per heavy atom. The SMILES string of the molecule is Cc1c(NC(=O)c2ccc(C(C)(C)C)cc2)cccc1-c1cc(Nc2ccc(C(=O)N3CCCC3)c(C(Cl)C(N)=O)c2)c(=O)n(C)c1. The molecule has 0 aliphatic carbocycles. The Balaban J connectivity index is 1.44. The average Bonchev–Trinajstić information content (AvgIpc) is 3.58. The first kappa shape index (κ1) is 33.5. The number of aryl methyl sites for hydroxylation is 1. The van der Waals surface area contributed by atoms with Gasteiger partial charge < -0.3 is 25.8 Å². The molecule has 0 spiro atoms. The number of likely N-dealkylation sites (tertiary alicyclic amines) is 1. The Labute approximate surface area is 279 Å². The minimum Gasteiger partial charge on any atom is -0.368 e. The molecule has 1 fully saturated rings. The van der Waals surface area contributed by atoms with E-state index in [1.165, 1.54) is 4.57 Å². The minimum absolute atomic E-state index is 0.0163. The van der Waals surface area contributed by atoms with Crippen molar-refractivity contribution in [2.45, 2.75) is 51.3 Å². The number of nitrogens with one attached hydrogen (secondary N) is 2. The van der Waals surface area contributed by atoms with Gasteiger partial charge in [-0.15, -0.1) is 11.6 Å². The van der Waals surface area contributed by atoms with Crippen LogP contribution in [0, 0.1) is 6.92 Å². The predicted octanol–water partition coefficient (Wildman–Crippen LogP) is 6.66. The van der Waals surface area contributed by atoms with E-state index < -0.39 is 11.3 Å². The molecule has 1 aliphatic rings. The summed E-state index contributed by atoms with van der Waals surface area (Å²) in [6.07, 6.45) is 3.57. The average molecular weight is 654 g/mol. The lowest BCUT2D eigenvalue weighted by Crippen LogP contribution is -2.29. The van der Waals surface area contributed by atoms with Gasteiger partial charge in [0.2, 0.25) is 5.91 Å². The zero-order valence-corrected chi connectivity index (χ0v) is 28.1. The first-order chi connectivity index (χ1) is 22.2. The van der Waals surface area contributed by atoms with Gasteiger partial charge in [0.05, 0.1) is 0 Å². The highest BCUT2D eigenvalue weighted by Gasteiger charge is 2.27. The van der Waals surface area contributed by atoms with Crippen LogP contribution in [0.25, 0.3) is 11.1 Å². The van der Waals surface area contributed by atoms with Crippen molar-refractivity contribution < 1.29 is 14.4 Å². The van der Waals surface area contributed by atoms with Gasteiger partial charge in [0.25, 0.3) is 17.4 Å². The first-order valence-corrected chi connectivity index (χ1v) is 16.0. The lowest BCUT2D eigenvalue weighted by atomic mass is 9.86. The normalized spacial score (nSPS) is 13.7. The summed E-state index contributed by atoms with van der Waals surface area (Å²) < 4.78 is 1.47. The maximum absolute atomic E-state index is 13.3. The molecule has 244 valence electrons. The maximum atomic E-state index is 13.3. The molecule has 0 saturated carbocycles. The van der Waals surface area contributed by atoms with Crippen LogP contribution < -0.4 is 21.9 Å². The van der Waals surface area contributed by atoms with E-state index in [0.29, 0.717) is 35.6 Å². The number of carbonyl (C=O) groups excluding carboxylic acids is 3. The quantitative estimate of drug-likeness (QED) is 0.184. The van der Waals surface area contributed by atoms with Gasteiger partial charge in [-0.1, -0.05) is 45.0 Å². The smallest absolute Gasteiger partial charge is 0.274 e. The van der Waals surface area contributed by atoms with Crippen molar-refractivity contribution in [1.82, 2.24) is 9.47 Å². The fourth-order valence-electron chi connectivity index (χ4n) is 5.79. The van der Waals surface area contributed by atoms with Crippen LogP contribution in [0.1, 0.15) is 76.4 Å². The highest BCUT2D eigenvalue weighted by Crippen LogP contribution is 2.33. The van der Waals surface area contributed by atoms with Crippen molar-refractivity contribution in [3.63, 3.8) is 0 Å². The van der Waals surface area contributed by atoms with Crippen molar-refractivity contribution in [2.24, 2.45) is 12.8 Å².